The van der Waals surface area contributed by atoms with Crippen LogP contribution in [0.4, 0.5) is 23.7 Å². The summed E-state index contributed by atoms with van der Waals surface area (Å²) in [7, 11) is 1.97. The van der Waals surface area contributed by atoms with Gasteiger partial charge in [-0.2, -0.15) is 0 Å². The van der Waals surface area contributed by atoms with Crippen LogP contribution in [0.1, 0.15) is 64.2 Å². The summed E-state index contributed by atoms with van der Waals surface area (Å²) in [5.41, 5.74) is 0.407. The molecule has 2 saturated heterocycles. The van der Waals surface area contributed by atoms with Crippen molar-refractivity contribution in [1.29, 1.82) is 0 Å². The Morgan fingerprint density at radius 3 is 2.29 bits per heavy atom. The fraction of sp³-hybridized carbons (Fsp3) is 0.741. The monoisotopic (exact) mass is 541 g/mol. The molecule has 1 aromatic rings. The molecule has 214 valence electrons. The zero-order valence-electron chi connectivity index (χ0n) is 22.4. The highest BCUT2D eigenvalue weighted by Gasteiger charge is 2.52. The number of benzene rings is 1. The molecule has 1 spiro atoms. The number of hydrogen-bond donors (Lipinski definition) is 5. The maximum atomic E-state index is 13.2. The predicted molar refractivity (Wildman–Crippen MR) is 141 cm³/mol. The Morgan fingerprint density at radius 1 is 1.03 bits per heavy atom. The third-order valence-electron chi connectivity index (χ3n) is 8.17. The van der Waals surface area contributed by atoms with Gasteiger partial charge < -0.3 is 15.4 Å². The van der Waals surface area contributed by atoms with E-state index in [1.807, 2.05) is 7.05 Å². The highest BCUT2D eigenvalue weighted by Crippen LogP contribution is 2.39. The number of quaternary nitrogens is 1. The third-order valence-corrected chi connectivity index (χ3v) is 8.17. The van der Waals surface area contributed by atoms with E-state index >= 15 is 0 Å². The first-order valence-corrected chi connectivity index (χ1v) is 14.2. The summed E-state index contributed by atoms with van der Waals surface area (Å²) in [5, 5.41) is 17.0. The highest BCUT2D eigenvalue weighted by atomic mass is 19.4. The Bertz CT molecular complexity index is 871. The van der Waals surface area contributed by atoms with E-state index in [1.54, 1.807) is 0 Å². The number of amides is 2. The standard InChI is InChI=1S/C27H43F3N6O2/c1-31-15-8-16-32-24-19-23(20-9-10-20)34-25(36(24)17-6-4-2-3-5-7-18-36)35-26(37)33-21-11-13-22(14-12-21)38-27(28,29)30/h11-14,20,23-25,31-32,34H,2-10,15-19H2,1H3,(H-,33,35,37)/p+1. The fourth-order valence-corrected chi connectivity index (χ4v) is 6.08. The van der Waals surface area contributed by atoms with Gasteiger partial charge in [0.05, 0.1) is 13.1 Å². The summed E-state index contributed by atoms with van der Waals surface area (Å²) in [6.07, 6.45) is 6.91. The lowest BCUT2D eigenvalue weighted by Gasteiger charge is -2.55. The number of rotatable bonds is 9. The van der Waals surface area contributed by atoms with Crippen LogP contribution in [0.5, 0.6) is 5.75 Å². The lowest BCUT2D eigenvalue weighted by Crippen LogP contribution is -2.80. The lowest BCUT2D eigenvalue weighted by atomic mass is 9.99. The summed E-state index contributed by atoms with van der Waals surface area (Å²) in [4.78, 5) is 13.2. The van der Waals surface area contributed by atoms with Gasteiger partial charge in [0.2, 0.25) is 6.29 Å². The van der Waals surface area contributed by atoms with Crippen LogP contribution in [0.15, 0.2) is 24.3 Å². The number of halogens is 3. The van der Waals surface area contributed by atoms with Gasteiger partial charge in [-0.15, -0.1) is 13.2 Å². The van der Waals surface area contributed by atoms with Crippen molar-refractivity contribution in [2.24, 2.45) is 5.92 Å². The summed E-state index contributed by atoms with van der Waals surface area (Å²) in [6.45, 7) is 3.86. The quantitative estimate of drug-likeness (QED) is 0.236. The first-order chi connectivity index (χ1) is 18.3. The normalized spacial score (nSPS) is 26.2. The number of carbonyl (C=O) groups excluding carboxylic acids is 1. The molecular weight excluding hydrogens is 497 g/mol. The molecule has 5 N–H and O–H groups in total. The molecule has 8 nitrogen and oxygen atoms in total. The summed E-state index contributed by atoms with van der Waals surface area (Å²) in [6, 6.07) is 5.21. The fourth-order valence-electron chi connectivity index (χ4n) is 6.08. The van der Waals surface area contributed by atoms with E-state index in [1.165, 1.54) is 62.8 Å². The van der Waals surface area contributed by atoms with E-state index in [-0.39, 0.29) is 24.2 Å². The van der Waals surface area contributed by atoms with Crippen LogP contribution in [-0.2, 0) is 0 Å². The Hall–Kier alpha value is -2.08. The topological polar surface area (TPSA) is 86.5 Å². The van der Waals surface area contributed by atoms with Crippen molar-refractivity contribution in [2.45, 2.75) is 89.1 Å². The van der Waals surface area contributed by atoms with Gasteiger partial charge in [0.15, 0.2) is 0 Å². The number of alkyl halides is 3. The smallest absolute Gasteiger partial charge is 0.406 e. The average molecular weight is 542 g/mol. The number of hydrogen-bond acceptors (Lipinski definition) is 5. The number of nitrogens with zero attached hydrogens (tertiary/aromatic N) is 1. The number of urea groups is 1. The van der Waals surface area contributed by atoms with E-state index in [0.717, 1.165) is 56.3 Å². The maximum absolute atomic E-state index is 13.2. The van der Waals surface area contributed by atoms with Gasteiger partial charge in [-0.25, -0.2) is 10.1 Å². The van der Waals surface area contributed by atoms with E-state index in [4.69, 9.17) is 0 Å². The zero-order valence-corrected chi connectivity index (χ0v) is 22.4. The second kappa shape index (κ2) is 13.3. The second-order valence-electron chi connectivity index (χ2n) is 11.0. The van der Waals surface area contributed by atoms with Gasteiger partial charge in [0, 0.05) is 24.7 Å². The Kier molecular flexibility index (Phi) is 10.1. The molecule has 1 aliphatic carbocycles. The van der Waals surface area contributed by atoms with Crippen molar-refractivity contribution in [3.05, 3.63) is 24.3 Å². The first-order valence-electron chi connectivity index (χ1n) is 14.2. The minimum atomic E-state index is -4.75. The van der Waals surface area contributed by atoms with Gasteiger partial charge in [-0.1, -0.05) is 12.8 Å². The van der Waals surface area contributed by atoms with Gasteiger partial charge in [0.1, 0.15) is 11.9 Å². The van der Waals surface area contributed by atoms with Gasteiger partial charge in [-0.3, -0.25) is 15.1 Å². The molecule has 3 aliphatic rings. The number of carbonyl (C=O) groups is 1. The molecule has 2 aliphatic heterocycles. The molecule has 38 heavy (non-hydrogen) atoms. The first kappa shape index (κ1) is 28.9. The molecule has 3 atom stereocenters. The van der Waals surface area contributed by atoms with Crippen LogP contribution in [0, 0.1) is 5.92 Å². The third kappa shape index (κ3) is 8.21. The molecular formula is C27H44F3N6O2+. The van der Waals surface area contributed by atoms with Gasteiger partial charge >= 0.3 is 12.4 Å². The average Bonchev–Trinajstić information content (AvgIpc) is 3.69. The van der Waals surface area contributed by atoms with Crippen molar-refractivity contribution >= 4 is 11.7 Å². The van der Waals surface area contributed by atoms with Crippen LogP contribution in [0.2, 0.25) is 0 Å². The van der Waals surface area contributed by atoms with Crippen molar-refractivity contribution in [2.75, 3.05) is 38.5 Å². The molecule has 0 aromatic heterocycles. The number of nitrogens with one attached hydrogen (secondary N) is 5. The van der Waals surface area contributed by atoms with Crippen LogP contribution in [0.25, 0.3) is 0 Å². The molecule has 4 rings (SSSR count). The number of anilines is 1. The van der Waals surface area contributed by atoms with Gasteiger partial charge in [0.25, 0.3) is 0 Å². The summed E-state index contributed by atoms with van der Waals surface area (Å²) < 4.78 is 42.2. The van der Waals surface area contributed by atoms with E-state index in [9.17, 15) is 18.0 Å². The minimum Gasteiger partial charge on any atom is -0.406 e. The van der Waals surface area contributed by atoms with Crippen LogP contribution in [0.3, 0.4) is 0 Å². The van der Waals surface area contributed by atoms with E-state index in [0.29, 0.717) is 17.6 Å². The molecule has 2 heterocycles. The zero-order chi connectivity index (χ0) is 27.0. The molecule has 1 saturated carbocycles. The highest BCUT2D eigenvalue weighted by molar-refractivity contribution is 5.89. The molecule has 0 bridgehead atoms. The molecule has 3 unspecified atom stereocenters. The van der Waals surface area contributed by atoms with Crippen molar-refractivity contribution < 1.29 is 27.2 Å². The SMILES string of the molecule is CNCCCNC1CC(C2CC2)NC(NC(=O)Nc2ccc(OC(F)(F)F)cc2)[N+]12CCCCCCCC2. The van der Waals surface area contributed by atoms with Crippen LogP contribution < -0.4 is 31.3 Å². The van der Waals surface area contributed by atoms with Gasteiger partial charge in [-0.05, 0) is 88.7 Å². The second-order valence-corrected chi connectivity index (χ2v) is 11.0. The van der Waals surface area contributed by atoms with E-state index < -0.39 is 6.36 Å². The summed E-state index contributed by atoms with van der Waals surface area (Å²) in [5.74, 6) is 0.320. The Morgan fingerprint density at radius 2 is 1.68 bits per heavy atom. The Labute approximate surface area is 224 Å². The molecule has 11 heteroatoms. The van der Waals surface area contributed by atoms with E-state index in [2.05, 4.69) is 31.3 Å². The number of ether oxygens (including phenoxy) is 1. The molecule has 3 fully saturated rings. The molecule has 2 amide bonds. The molecule has 0 radical (unpaired) electrons. The van der Waals surface area contributed by atoms with Crippen molar-refractivity contribution in [1.82, 2.24) is 21.3 Å². The largest absolute Gasteiger partial charge is 0.573 e. The van der Waals surface area contributed by atoms with Crippen LogP contribution >= 0.6 is 0 Å². The summed E-state index contributed by atoms with van der Waals surface area (Å²) >= 11 is 0. The van der Waals surface area contributed by atoms with Crippen molar-refractivity contribution in [3.63, 3.8) is 0 Å². The maximum Gasteiger partial charge on any atom is 0.573 e. The Balaban J connectivity index is 1.50. The molecule has 1 aromatic carbocycles. The lowest BCUT2D eigenvalue weighted by molar-refractivity contribution is -0.987. The minimum absolute atomic E-state index is 0.248. The van der Waals surface area contributed by atoms with Crippen molar-refractivity contribution in [3.8, 4) is 5.75 Å². The van der Waals surface area contributed by atoms with Crippen LogP contribution in [-0.4, -0.2) is 68.6 Å². The predicted octanol–water partition coefficient (Wildman–Crippen LogP) is 4.46.